The molecule has 27 heavy (non-hydrogen) atoms. The van der Waals surface area contributed by atoms with Gasteiger partial charge in [-0.2, -0.15) is 0 Å². The van der Waals surface area contributed by atoms with Crippen molar-refractivity contribution in [1.29, 1.82) is 0 Å². The van der Waals surface area contributed by atoms with E-state index < -0.39 is 0 Å². The number of rotatable bonds is 4. The number of benzene rings is 1. The number of carbonyl (C=O) groups is 1. The van der Waals surface area contributed by atoms with Crippen molar-refractivity contribution in [3.05, 3.63) is 42.2 Å². The maximum atomic E-state index is 12.8. The van der Waals surface area contributed by atoms with Crippen LogP contribution in [0, 0.1) is 0 Å². The molecule has 0 fully saturated rings. The average molecular weight is 368 g/mol. The Morgan fingerprint density at radius 2 is 2.00 bits per heavy atom. The minimum absolute atomic E-state index is 0.0650. The Balaban J connectivity index is 1.64. The van der Waals surface area contributed by atoms with Crippen molar-refractivity contribution < 1.29 is 4.79 Å². The number of anilines is 2. The van der Waals surface area contributed by atoms with Gasteiger partial charge in [0.1, 0.15) is 5.69 Å². The molecule has 1 aliphatic rings. The molecule has 0 spiro atoms. The van der Waals surface area contributed by atoms with E-state index in [0.29, 0.717) is 13.1 Å². The van der Waals surface area contributed by atoms with Crippen LogP contribution >= 0.6 is 0 Å². The van der Waals surface area contributed by atoms with Crippen LogP contribution in [0.3, 0.4) is 0 Å². The van der Waals surface area contributed by atoms with Gasteiger partial charge in [0.2, 0.25) is 0 Å². The Morgan fingerprint density at radius 3 is 2.70 bits per heavy atom. The van der Waals surface area contributed by atoms with E-state index in [9.17, 15) is 4.79 Å². The van der Waals surface area contributed by atoms with Crippen LogP contribution in [0.5, 0.6) is 0 Å². The molecule has 2 aromatic rings. The minimum Gasteiger partial charge on any atom is -0.376 e. The fourth-order valence-electron chi connectivity index (χ4n) is 3.14. The molecule has 7 heteroatoms. The van der Waals surface area contributed by atoms with Gasteiger partial charge in [-0.25, -0.2) is 9.48 Å². The zero-order valence-electron chi connectivity index (χ0n) is 16.5. The summed E-state index contributed by atoms with van der Waals surface area (Å²) >= 11 is 0. The summed E-state index contributed by atoms with van der Waals surface area (Å²) in [4.78, 5) is 16.6. The summed E-state index contributed by atoms with van der Waals surface area (Å²) in [6.07, 6.45) is 5.75. The summed E-state index contributed by atoms with van der Waals surface area (Å²) in [5.74, 6) is 0. The number of nitrogens with one attached hydrogen (secondary N) is 1. The van der Waals surface area contributed by atoms with Gasteiger partial charge in [0.25, 0.3) is 0 Å². The van der Waals surface area contributed by atoms with E-state index in [0.717, 1.165) is 35.5 Å². The van der Waals surface area contributed by atoms with Crippen molar-refractivity contribution in [1.82, 2.24) is 19.9 Å². The quantitative estimate of drug-likeness (QED) is 0.895. The number of para-hydroxylation sites is 2. The van der Waals surface area contributed by atoms with Gasteiger partial charge in [-0.3, -0.25) is 0 Å². The molecule has 0 unspecified atom stereocenters. The molecular formula is C20H28N6O. The van der Waals surface area contributed by atoms with E-state index in [1.807, 2.05) is 59.0 Å². The third kappa shape index (κ3) is 4.48. The van der Waals surface area contributed by atoms with Gasteiger partial charge < -0.3 is 15.1 Å². The molecule has 0 saturated carbocycles. The first-order chi connectivity index (χ1) is 13.0. The molecule has 0 bridgehead atoms. The lowest BCUT2D eigenvalue weighted by Gasteiger charge is -2.23. The standard InChI is InChI=1S/C20H28N6O/c1-15(2)26-14-18(22-23-26)16-8-7-12-25(13-11-16)20(27)21-17-9-5-6-10-19(17)24(3)4/h5-6,8-10,14-15H,7,11-13H2,1-4H3,(H,21,27). The predicted molar refractivity (Wildman–Crippen MR) is 109 cm³/mol. The van der Waals surface area contributed by atoms with Gasteiger partial charge >= 0.3 is 6.03 Å². The van der Waals surface area contributed by atoms with E-state index in [1.54, 1.807) is 0 Å². The fourth-order valence-corrected chi connectivity index (χ4v) is 3.14. The summed E-state index contributed by atoms with van der Waals surface area (Å²) in [5, 5.41) is 11.5. The number of hydrogen-bond acceptors (Lipinski definition) is 4. The van der Waals surface area contributed by atoms with Crippen LogP contribution in [-0.2, 0) is 0 Å². The van der Waals surface area contributed by atoms with E-state index in [4.69, 9.17) is 0 Å². The SMILES string of the molecule is CC(C)n1cc(C2=CCCN(C(=O)Nc3ccccc3N(C)C)CC2)nn1. The molecule has 1 aromatic heterocycles. The number of nitrogens with zero attached hydrogens (tertiary/aromatic N) is 5. The first-order valence-electron chi connectivity index (χ1n) is 9.39. The van der Waals surface area contributed by atoms with Gasteiger partial charge in [-0.05, 0) is 44.4 Å². The van der Waals surface area contributed by atoms with Crippen molar-refractivity contribution in [3.8, 4) is 0 Å². The maximum Gasteiger partial charge on any atom is 0.321 e. The number of aromatic nitrogens is 3. The second kappa shape index (κ2) is 8.24. The number of hydrogen-bond donors (Lipinski definition) is 1. The lowest BCUT2D eigenvalue weighted by Crippen LogP contribution is -2.36. The highest BCUT2D eigenvalue weighted by molar-refractivity contribution is 5.93. The predicted octanol–water partition coefficient (Wildman–Crippen LogP) is 3.64. The normalized spacial score (nSPS) is 14.7. The average Bonchev–Trinajstić information content (AvgIpc) is 3.00. The van der Waals surface area contributed by atoms with Gasteiger partial charge in [0, 0.05) is 33.2 Å². The summed E-state index contributed by atoms with van der Waals surface area (Å²) in [7, 11) is 3.94. The molecule has 1 aromatic carbocycles. The van der Waals surface area contributed by atoms with Gasteiger partial charge in [-0.1, -0.05) is 23.4 Å². The van der Waals surface area contributed by atoms with Crippen molar-refractivity contribution in [3.63, 3.8) is 0 Å². The van der Waals surface area contributed by atoms with Crippen LogP contribution in [0.15, 0.2) is 36.5 Å². The topological polar surface area (TPSA) is 66.3 Å². The van der Waals surface area contributed by atoms with Crippen LogP contribution in [0.2, 0.25) is 0 Å². The molecule has 7 nitrogen and oxygen atoms in total. The molecule has 2 heterocycles. The highest BCUT2D eigenvalue weighted by Gasteiger charge is 2.19. The second-order valence-corrected chi connectivity index (χ2v) is 7.27. The Bertz CT molecular complexity index is 823. The first-order valence-corrected chi connectivity index (χ1v) is 9.39. The van der Waals surface area contributed by atoms with Crippen LogP contribution in [-0.4, -0.2) is 53.1 Å². The lowest BCUT2D eigenvalue weighted by atomic mass is 10.1. The van der Waals surface area contributed by atoms with Crippen molar-refractivity contribution in [2.24, 2.45) is 0 Å². The van der Waals surface area contributed by atoms with Gasteiger partial charge in [0.05, 0.1) is 17.6 Å². The monoisotopic (exact) mass is 368 g/mol. The van der Waals surface area contributed by atoms with E-state index in [-0.39, 0.29) is 12.1 Å². The van der Waals surface area contributed by atoms with Gasteiger partial charge in [0.15, 0.2) is 0 Å². The Morgan fingerprint density at radius 1 is 1.22 bits per heavy atom. The van der Waals surface area contributed by atoms with Crippen molar-refractivity contribution in [2.75, 3.05) is 37.4 Å². The molecule has 2 amide bonds. The van der Waals surface area contributed by atoms with Crippen molar-refractivity contribution >= 4 is 23.0 Å². The summed E-state index contributed by atoms with van der Waals surface area (Å²) in [5.41, 5.74) is 3.88. The summed E-state index contributed by atoms with van der Waals surface area (Å²) in [6, 6.07) is 8.05. The first kappa shape index (κ1) is 18.9. The Kier molecular flexibility index (Phi) is 5.78. The molecular weight excluding hydrogens is 340 g/mol. The molecule has 0 atom stereocenters. The number of urea groups is 1. The molecule has 1 aliphatic heterocycles. The molecule has 0 radical (unpaired) electrons. The molecule has 1 N–H and O–H groups in total. The highest BCUT2D eigenvalue weighted by atomic mass is 16.2. The molecule has 3 rings (SSSR count). The molecule has 0 saturated heterocycles. The van der Waals surface area contributed by atoms with Gasteiger partial charge in [-0.15, -0.1) is 5.10 Å². The largest absolute Gasteiger partial charge is 0.376 e. The minimum atomic E-state index is -0.0650. The van der Waals surface area contributed by atoms with Crippen LogP contribution in [0.25, 0.3) is 5.57 Å². The van der Waals surface area contributed by atoms with Crippen LogP contribution < -0.4 is 10.2 Å². The van der Waals surface area contributed by atoms with E-state index >= 15 is 0 Å². The third-order valence-corrected chi connectivity index (χ3v) is 4.72. The molecule has 0 aliphatic carbocycles. The van der Waals surface area contributed by atoms with Crippen molar-refractivity contribution in [2.45, 2.75) is 32.7 Å². The Hall–Kier alpha value is -2.83. The van der Waals surface area contributed by atoms with E-state index in [2.05, 4.69) is 35.6 Å². The zero-order valence-corrected chi connectivity index (χ0v) is 16.5. The second-order valence-electron chi connectivity index (χ2n) is 7.27. The van der Waals surface area contributed by atoms with Crippen LogP contribution in [0.4, 0.5) is 16.2 Å². The highest BCUT2D eigenvalue weighted by Crippen LogP contribution is 2.25. The number of amides is 2. The smallest absolute Gasteiger partial charge is 0.321 e. The summed E-state index contributed by atoms with van der Waals surface area (Å²) < 4.78 is 1.86. The summed E-state index contributed by atoms with van der Waals surface area (Å²) in [6.45, 7) is 5.52. The number of carbonyl (C=O) groups excluding carboxylic acids is 1. The maximum absolute atomic E-state index is 12.8. The third-order valence-electron chi connectivity index (χ3n) is 4.72. The Labute approximate surface area is 160 Å². The fraction of sp³-hybridized carbons (Fsp3) is 0.450. The lowest BCUT2D eigenvalue weighted by molar-refractivity contribution is 0.214. The zero-order chi connectivity index (χ0) is 19.4. The van der Waals surface area contributed by atoms with E-state index in [1.165, 1.54) is 0 Å². The molecule has 144 valence electrons. The van der Waals surface area contributed by atoms with Crippen LogP contribution in [0.1, 0.15) is 38.4 Å².